The molecule has 0 saturated carbocycles. The lowest BCUT2D eigenvalue weighted by molar-refractivity contribution is 0.0945. The van der Waals surface area contributed by atoms with Gasteiger partial charge in [-0.05, 0) is 30.2 Å². The summed E-state index contributed by atoms with van der Waals surface area (Å²) in [4.78, 5) is 17.0. The minimum atomic E-state index is -0.349. The SMILES string of the molecule is COc1c(C)ncc(C(=O)NCc2ccc(F)cc2)c1OCc1ccccc1. The van der Waals surface area contributed by atoms with Crippen molar-refractivity contribution in [1.29, 1.82) is 0 Å². The van der Waals surface area contributed by atoms with Gasteiger partial charge in [-0.1, -0.05) is 42.5 Å². The van der Waals surface area contributed by atoms with Crippen LogP contribution in [-0.2, 0) is 13.2 Å². The number of ether oxygens (including phenoxy) is 2. The fraction of sp³-hybridized carbons (Fsp3) is 0.182. The summed E-state index contributed by atoms with van der Waals surface area (Å²) in [5, 5.41) is 2.81. The number of hydrogen-bond acceptors (Lipinski definition) is 4. The molecule has 0 atom stereocenters. The average molecular weight is 380 g/mol. The van der Waals surface area contributed by atoms with E-state index >= 15 is 0 Å². The number of amides is 1. The zero-order valence-corrected chi connectivity index (χ0v) is 15.7. The summed E-state index contributed by atoms with van der Waals surface area (Å²) in [7, 11) is 1.51. The molecule has 0 fully saturated rings. The second-order valence-electron chi connectivity index (χ2n) is 6.20. The molecule has 0 radical (unpaired) electrons. The number of hydrogen-bond donors (Lipinski definition) is 1. The molecule has 1 N–H and O–H groups in total. The summed E-state index contributed by atoms with van der Waals surface area (Å²) >= 11 is 0. The first-order chi connectivity index (χ1) is 13.6. The Hall–Kier alpha value is -3.41. The molecular weight excluding hydrogens is 359 g/mol. The first-order valence-electron chi connectivity index (χ1n) is 8.81. The zero-order chi connectivity index (χ0) is 19.9. The molecule has 6 heteroatoms. The van der Waals surface area contributed by atoms with Crippen molar-refractivity contribution in [1.82, 2.24) is 10.3 Å². The van der Waals surface area contributed by atoms with Gasteiger partial charge in [0, 0.05) is 12.7 Å². The van der Waals surface area contributed by atoms with E-state index in [1.165, 1.54) is 25.4 Å². The Morgan fingerprint density at radius 3 is 2.43 bits per heavy atom. The third-order valence-corrected chi connectivity index (χ3v) is 4.21. The monoisotopic (exact) mass is 380 g/mol. The van der Waals surface area contributed by atoms with Crippen LogP contribution < -0.4 is 14.8 Å². The predicted molar refractivity (Wildman–Crippen MR) is 104 cm³/mol. The zero-order valence-electron chi connectivity index (χ0n) is 15.7. The molecule has 2 aromatic carbocycles. The van der Waals surface area contributed by atoms with Crippen LogP contribution in [0.5, 0.6) is 11.5 Å². The number of methoxy groups -OCH3 is 1. The normalized spacial score (nSPS) is 10.4. The smallest absolute Gasteiger partial charge is 0.257 e. The van der Waals surface area contributed by atoms with Crippen LogP contribution in [0.4, 0.5) is 4.39 Å². The summed E-state index contributed by atoms with van der Waals surface area (Å²) in [6, 6.07) is 15.6. The maximum atomic E-state index is 13.0. The molecule has 144 valence electrons. The molecule has 1 amide bonds. The summed E-state index contributed by atoms with van der Waals surface area (Å²) in [5.74, 6) is 0.0955. The van der Waals surface area contributed by atoms with Crippen molar-refractivity contribution < 1.29 is 18.7 Å². The van der Waals surface area contributed by atoms with Crippen LogP contribution in [-0.4, -0.2) is 18.0 Å². The van der Waals surface area contributed by atoms with Crippen LogP contribution in [0.2, 0.25) is 0 Å². The van der Waals surface area contributed by atoms with Crippen molar-refractivity contribution in [2.75, 3.05) is 7.11 Å². The van der Waals surface area contributed by atoms with E-state index in [9.17, 15) is 9.18 Å². The minimum Gasteiger partial charge on any atom is -0.491 e. The van der Waals surface area contributed by atoms with Gasteiger partial charge >= 0.3 is 0 Å². The third-order valence-electron chi connectivity index (χ3n) is 4.21. The number of benzene rings is 2. The fourth-order valence-electron chi connectivity index (χ4n) is 2.72. The molecule has 5 nitrogen and oxygen atoms in total. The van der Waals surface area contributed by atoms with Crippen molar-refractivity contribution >= 4 is 5.91 Å². The molecule has 0 unspecified atom stereocenters. The first kappa shape index (κ1) is 19.4. The van der Waals surface area contributed by atoms with E-state index in [4.69, 9.17) is 9.47 Å². The fourth-order valence-corrected chi connectivity index (χ4v) is 2.72. The highest BCUT2D eigenvalue weighted by Crippen LogP contribution is 2.33. The first-order valence-corrected chi connectivity index (χ1v) is 8.81. The Morgan fingerprint density at radius 2 is 1.75 bits per heavy atom. The molecule has 3 aromatic rings. The van der Waals surface area contributed by atoms with Crippen LogP contribution in [0.25, 0.3) is 0 Å². The molecule has 0 aliphatic heterocycles. The Labute approximate surface area is 163 Å². The Bertz CT molecular complexity index is 944. The largest absolute Gasteiger partial charge is 0.491 e. The van der Waals surface area contributed by atoms with E-state index in [1.54, 1.807) is 19.1 Å². The molecule has 0 spiro atoms. The lowest BCUT2D eigenvalue weighted by Crippen LogP contribution is -2.24. The van der Waals surface area contributed by atoms with Crippen molar-refractivity contribution in [3.8, 4) is 11.5 Å². The van der Waals surface area contributed by atoms with Crippen LogP contribution in [0.3, 0.4) is 0 Å². The summed E-state index contributed by atoms with van der Waals surface area (Å²) in [6.07, 6.45) is 1.47. The van der Waals surface area contributed by atoms with Crippen molar-refractivity contribution in [2.24, 2.45) is 0 Å². The molecular formula is C22H21FN2O3. The molecule has 1 aromatic heterocycles. The van der Waals surface area contributed by atoms with Gasteiger partial charge in [0.2, 0.25) is 0 Å². The van der Waals surface area contributed by atoms with Crippen molar-refractivity contribution in [3.63, 3.8) is 0 Å². The summed E-state index contributed by atoms with van der Waals surface area (Å²) < 4.78 is 24.4. The Balaban J connectivity index is 1.80. The van der Waals surface area contributed by atoms with Crippen LogP contribution in [0.1, 0.15) is 27.2 Å². The highest BCUT2D eigenvalue weighted by Gasteiger charge is 2.20. The predicted octanol–water partition coefficient (Wildman–Crippen LogP) is 4.05. The maximum absolute atomic E-state index is 13.0. The van der Waals surface area contributed by atoms with Gasteiger partial charge in [-0.2, -0.15) is 0 Å². The number of aromatic nitrogens is 1. The third kappa shape index (κ3) is 4.65. The number of nitrogens with zero attached hydrogens (tertiary/aromatic N) is 1. The number of carbonyl (C=O) groups is 1. The number of pyridine rings is 1. The highest BCUT2D eigenvalue weighted by atomic mass is 19.1. The minimum absolute atomic E-state index is 0.257. The van der Waals surface area contributed by atoms with Gasteiger partial charge in [-0.3, -0.25) is 9.78 Å². The van der Waals surface area contributed by atoms with Gasteiger partial charge in [0.1, 0.15) is 18.0 Å². The van der Waals surface area contributed by atoms with Crippen LogP contribution in [0.15, 0.2) is 60.8 Å². The number of carbonyl (C=O) groups excluding carboxylic acids is 1. The van der Waals surface area contributed by atoms with E-state index in [0.29, 0.717) is 23.8 Å². The van der Waals surface area contributed by atoms with Gasteiger partial charge in [-0.25, -0.2) is 4.39 Å². The van der Waals surface area contributed by atoms with Crippen molar-refractivity contribution in [3.05, 3.63) is 89.0 Å². The van der Waals surface area contributed by atoms with Gasteiger partial charge < -0.3 is 14.8 Å². The molecule has 0 saturated heterocycles. The highest BCUT2D eigenvalue weighted by molar-refractivity contribution is 5.97. The molecule has 1 heterocycles. The lowest BCUT2D eigenvalue weighted by Gasteiger charge is -2.16. The molecule has 28 heavy (non-hydrogen) atoms. The van der Waals surface area contributed by atoms with E-state index in [2.05, 4.69) is 10.3 Å². The molecule has 3 rings (SSSR count). The Morgan fingerprint density at radius 1 is 1.04 bits per heavy atom. The van der Waals surface area contributed by atoms with Crippen LogP contribution in [0, 0.1) is 12.7 Å². The second kappa shape index (κ2) is 8.99. The van der Waals surface area contributed by atoms with E-state index in [-0.39, 0.29) is 23.8 Å². The standard InChI is InChI=1S/C22H21FN2O3/c1-15-20(27-2)21(28-14-17-6-4-3-5-7-17)19(13-24-15)22(26)25-12-16-8-10-18(23)11-9-16/h3-11,13H,12,14H2,1-2H3,(H,25,26). The van der Waals surface area contributed by atoms with E-state index < -0.39 is 0 Å². The topological polar surface area (TPSA) is 60.5 Å². The molecule has 0 bridgehead atoms. The van der Waals surface area contributed by atoms with E-state index in [1.807, 2.05) is 30.3 Å². The number of nitrogens with one attached hydrogen (secondary N) is 1. The number of rotatable bonds is 7. The van der Waals surface area contributed by atoms with Gasteiger partial charge in [-0.15, -0.1) is 0 Å². The average Bonchev–Trinajstić information content (AvgIpc) is 2.72. The van der Waals surface area contributed by atoms with Gasteiger partial charge in [0.05, 0.1) is 12.8 Å². The maximum Gasteiger partial charge on any atom is 0.257 e. The summed E-state index contributed by atoms with van der Waals surface area (Å²) in [6.45, 7) is 2.33. The van der Waals surface area contributed by atoms with Gasteiger partial charge in [0.25, 0.3) is 5.91 Å². The molecule has 0 aliphatic rings. The number of halogens is 1. The lowest BCUT2D eigenvalue weighted by atomic mass is 10.1. The number of aryl methyl sites for hydroxylation is 1. The summed E-state index contributed by atoms with van der Waals surface area (Å²) in [5.41, 5.74) is 2.66. The van der Waals surface area contributed by atoms with Crippen molar-refractivity contribution in [2.45, 2.75) is 20.1 Å². The Kier molecular flexibility index (Phi) is 6.22. The molecule has 0 aliphatic carbocycles. The second-order valence-corrected chi connectivity index (χ2v) is 6.20. The van der Waals surface area contributed by atoms with E-state index in [0.717, 1.165) is 11.1 Å². The van der Waals surface area contributed by atoms with Gasteiger partial charge in [0.15, 0.2) is 11.5 Å². The quantitative estimate of drug-likeness (QED) is 0.672. The van der Waals surface area contributed by atoms with Crippen LogP contribution >= 0.6 is 0 Å².